The summed E-state index contributed by atoms with van der Waals surface area (Å²) in [4.78, 5) is 25.4. The number of aromatic nitrogens is 1. The third kappa shape index (κ3) is 6.17. The molecule has 2 aromatic rings. The molecule has 0 radical (unpaired) electrons. The minimum absolute atomic E-state index is 0.0197. The molecule has 27 heavy (non-hydrogen) atoms. The predicted molar refractivity (Wildman–Crippen MR) is 96.1 cm³/mol. The van der Waals surface area contributed by atoms with Gasteiger partial charge in [-0.15, -0.1) is 0 Å². The molecule has 0 spiro atoms. The minimum Gasteiger partial charge on any atom is -0.445 e. The number of carbonyl (C=O) groups is 1. The molecule has 0 saturated heterocycles. The van der Waals surface area contributed by atoms with E-state index in [1.807, 2.05) is 30.3 Å². The second kappa shape index (κ2) is 9.81. The van der Waals surface area contributed by atoms with Crippen LogP contribution in [0.2, 0.25) is 5.15 Å². The molecular weight excluding hydrogens is 378 g/mol. The number of nitro groups is 1. The van der Waals surface area contributed by atoms with E-state index in [-0.39, 0.29) is 36.0 Å². The SMILES string of the molecule is O=C(NCCC(O)C(O)c1cc([N+](=O)[O-])cnc1Cl)OCc1ccccc1. The third-order valence-corrected chi connectivity index (χ3v) is 3.98. The first-order valence-electron chi connectivity index (χ1n) is 7.99. The van der Waals surface area contributed by atoms with Gasteiger partial charge >= 0.3 is 6.09 Å². The summed E-state index contributed by atoms with van der Waals surface area (Å²) in [5.74, 6) is 0. The van der Waals surface area contributed by atoms with Gasteiger partial charge in [-0.25, -0.2) is 9.78 Å². The zero-order valence-corrected chi connectivity index (χ0v) is 14.9. The molecule has 2 atom stereocenters. The highest BCUT2D eigenvalue weighted by Gasteiger charge is 2.24. The van der Waals surface area contributed by atoms with Crippen molar-refractivity contribution in [2.75, 3.05) is 6.54 Å². The minimum atomic E-state index is -1.49. The number of carbonyl (C=O) groups excluding carboxylic acids is 1. The molecule has 9 nitrogen and oxygen atoms in total. The van der Waals surface area contributed by atoms with Gasteiger partial charge in [0, 0.05) is 18.2 Å². The summed E-state index contributed by atoms with van der Waals surface area (Å²) >= 11 is 5.83. The molecule has 2 unspecified atom stereocenters. The average Bonchev–Trinajstić information content (AvgIpc) is 2.66. The summed E-state index contributed by atoms with van der Waals surface area (Å²) in [6.07, 6.45) is -2.56. The van der Waals surface area contributed by atoms with Crippen molar-refractivity contribution in [2.45, 2.75) is 25.2 Å². The number of hydrogen-bond donors (Lipinski definition) is 3. The lowest BCUT2D eigenvalue weighted by molar-refractivity contribution is -0.385. The van der Waals surface area contributed by atoms with Gasteiger partial charge in [0.1, 0.15) is 24.1 Å². The first kappa shape index (κ1) is 20.6. The lowest BCUT2D eigenvalue weighted by atomic mass is 10.0. The quantitative estimate of drug-likeness (QED) is 0.354. The number of hydrogen-bond acceptors (Lipinski definition) is 7. The molecular formula is C17H18ClN3O6. The molecule has 1 aromatic carbocycles. The van der Waals surface area contributed by atoms with Gasteiger partial charge in [-0.1, -0.05) is 41.9 Å². The number of amides is 1. The zero-order valence-electron chi connectivity index (χ0n) is 14.1. The summed E-state index contributed by atoms with van der Waals surface area (Å²) in [5, 5.41) is 33.3. The number of halogens is 1. The molecule has 144 valence electrons. The largest absolute Gasteiger partial charge is 0.445 e. The van der Waals surface area contributed by atoms with E-state index < -0.39 is 23.2 Å². The Labute approximate surface area is 159 Å². The van der Waals surface area contributed by atoms with Gasteiger partial charge in [-0.2, -0.15) is 0 Å². The number of ether oxygens (including phenoxy) is 1. The van der Waals surface area contributed by atoms with Gasteiger partial charge in [-0.05, 0) is 12.0 Å². The van der Waals surface area contributed by atoms with E-state index in [0.29, 0.717) is 0 Å². The number of nitrogens with one attached hydrogen (secondary N) is 1. The van der Waals surface area contributed by atoms with Gasteiger partial charge in [0.15, 0.2) is 0 Å². The van der Waals surface area contributed by atoms with Crippen LogP contribution in [0.15, 0.2) is 42.6 Å². The van der Waals surface area contributed by atoms with Crippen LogP contribution in [0, 0.1) is 10.1 Å². The van der Waals surface area contributed by atoms with E-state index in [2.05, 4.69) is 10.3 Å². The molecule has 1 aromatic heterocycles. The van der Waals surface area contributed by atoms with Gasteiger partial charge < -0.3 is 20.3 Å². The van der Waals surface area contributed by atoms with Crippen LogP contribution in [0.5, 0.6) is 0 Å². The van der Waals surface area contributed by atoms with E-state index in [1.165, 1.54) is 0 Å². The third-order valence-electron chi connectivity index (χ3n) is 3.67. The van der Waals surface area contributed by atoms with Crippen molar-refractivity contribution in [3.8, 4) is 0 Å². The Morgan fingerprint density at radius 3 is 2.70 bits per heavy atom. The fourth-order valence-electron chi connectivity index (χ4n) is 2.22. The lowest BCUT2D eigenvalue weighted by Crippen LogP contribution is -2.30. The summed E-state index contributed by atoms with van der Waals surface area (Å²) < 4.78 is 5.02. The first-order valence-corrected chi connectivity index (χ1v) is 8.36. The van der Waals surface area contributed by atoms with E-state index in [1.54, 1.807) is 0 Å². The average molecular weight is 396 g/mol. The monoisotopic (exact) mass is 395 g/mol. The maximum atomic E-state index is 11.6. The first-order chi connectivity index (χ1) is 12.9. The Hall–Kier alpha value is -2.75. The molecule has 0 aliphatic rings. The smallest absolute Gasteiger partial charge is 0.407 e. The Bertz CT molecular complexity index is 789. The van der Waals surface area contributed by atoms with Crippen LogP contribution >= 0.6 is 11.6 Å². The van der Waals surface area contributed by atoms with Crippen LogP contribution in [0.3, 0.4) is 0 Å². The van der Waals surface area contributed by atoms with Gasteiger partial charge in [0.05, 0.1) is 11.0 Å². The van der Waals surface area contributed by atoms with Crippen molar-refractivity contribution in [1.82, 2.24) is 10.3 Å². The van der Waals surface area contributed by atoms with Crippen LogP contribution in [-0.2, 0) is 11.3 Å². The fourth-order valence-corrected chi connectivity index (χ4v) is 2.44. The van der Waals surface area contributed by atoms with Gasteiger partial charge in [-0.3, -0.25) is 10.1 Å². The molecule has 2 rings (SSSR count). The van der Waals surface area contributed by atoms with Crippen molar-refractivity contribution in [2.24, 2.45) is 0 Å². The van der Waals surface area contributed by atoms with E-state index in [9.17, 15) is 25.1 Å². The highest BCUT2D eigenvalue weighted by molar-refractivity contribution is 6.30. The standard InChI is InChI=1S/C17H18ClN3O6/c18-16-13(8-12(9-20-16)21(25)26)15(23)14(22)6-7-19-17(24)27-10-11-4-2-1-3-5-11/h1-5,8-9,14-15,22-23H,6-7,10H2,(H,19,24). The highest BCUT2D eigenvalue weighted by atomic mass is 35.5. The predicted octanol–water partition coefficient (Wildman–Crippen LogP) is 2.35. The Kier molecular flexibility index (Phi) is 7.47. The summed E-state index contributed by atoms with van der Waals surface area (Å²) in [7, 11) is 0. The summed E-state index contributed by atoms with van der Waals surface area (Å²) in [6, 6.07) is 10.2. The van der Waals surface area contributed by atoms with Crippen molar-refractivity contribution in [1.29, 1.82) is 0 Å². The molecule has 1 amide bonds. The number of aliphatic hydroxyl groups excluding tert-OH is 2. The Morgan fingerprint density at radius 1 is 1.33 bits per heavy atom. The van der Waals surface area contributed by atoms with E-state index in [4.69, 9.17) is 16.3 Å². The number of pyridine rings is 1. The molecule has 3 N–H and O–H groups in total. The summed E-state index contributed by atoms with van der Waals surface area (Å²) in [6.45, 7) is 0.124. The molecule has 1 heterocycles. The van der Waals surface area contributed by atoms with Crippen molar-refractivity contribution < 1.29 is 24.7 Å². The van der Waals surface area contributed by atoms with E-state index in [0.717, 1.165) is 17.8 Å². The number of benzene rings is 1. The van der Waals surface area contributed by atoms with Crippen molar-refractivity contribution >= 4 is 23.4 Å². The normalized spacial score (nSPS) is 12.9. The molecule has 0 bridgehead atoms. The lowest BCUT2D eigenvalue weighted by Gasteiger charge is -2.18. The fraction of sp³-hybridized carbons (Fsp3) is 0.294. The van der Waals surface area contributed by atoms with Crippen LogP contribution in [0.4, 0.5) is 10.5 Å². The maximum absolute atomic E-state index is 11.6. The highest BCUT2D eigenvalue weighted by Crippen LogP contribution is 2.28. The second-order valence-corrected chi connectivity index (χ2v) is 5.98. The molecule has 0 fully saturated rings. The van der Waals surface area contributed by atoms with Crippen molar-refractivity contribution in [3.05, 3.63) is 69.0 Å². The van der Waals surface area contributed by atoms with Gasteiger partial charge in [0.2, 0.25) is 0 Å². The number of rotatable bonds is 8. The number of alkyl carbamates (subject to hydrolysis) is 1. The van der Waals surface area contributed by atoms with Crippen LogP contribution < -0.4 is 5.32 Å². The van der Waals surface area contributed by atoms with E-state index >= 15 is 0 Å². The molecule has 10 heteroatoms. The zero-order chi connectivity index (χ0) is 19.8. The second-order valence-electron chi connectivity index (χ2n) is 5.62. The summed E-state index contributed by atoms with van der Waals surface area (Å²) in [5.41, 5.74) is 0.407. The number of nitrogens with zero attached hydrogens (tertiary/aromatic N) is 2. The maximum Gasteiger partial charge on any atom is 0.407 e. The Balaban J connectivity index is 1.81. The number of aliphatic hydroxyl groups is 2. The van der Waals surface area contributed by atoms with Crippen LogP contribution in [-0.4, -0.2) is 38.9 Å². The van der Waals surface area contributed by atoms with Crippen LogP contribution in [0.1, 0.15) is 23.7 Å². The Morgan fingerprint density at radius 2 is 2.04 bits per heavy atom. The van der Waals surface area contributed by atoms with Crippen molar-refractivity contribution in [3.63, 3.8) is 0 Å². The molecule has 0 aliphatic carbocycles. The molecule has 0 saturated carbocycles. The molecule has 0 aliphatic heterocycles. The topological polar surface area (TPSA) is 135 Å². The van der Waals surface area contributed by atoms with Crippen LogP contribution in [0.25, 0.3) is 0 Å². The van der Waals surface area contributed by atoms with Gasteiger partial charge in [0.25, 0.3) is 5.69 Å².